The van der Waals surface area contributed by atoms with Crippen molar-refractivity contribution in [3.8, 4) is 0 Å². The summed E-state index contributed by atoms with van der Waals surface area (Å²) in [4.78, 5) is 18.0. The summed E-state index contributed by atoms with van der Waals surface area (Å²) in [6.07, 6.45) is 3.19. The van der Waals surface area contributed by atoms with Gasteiger partial charge in [-0.05, 0) is 13.8 Å². The molecule has 1 rings (SSSR count). The van der Waals surface area contributed by atoms with E-state index in [9.17, 15) is 4.79 Å². The van der Waals surface area contributed by atoms with Gasteiger partial charge in [0.1, 0.15) is 4.64 Å². The maximum absolute atomic E-state index is 11.0. The van der Waals surface area contributed by atoms with Crippen molar-refractivity contribution in [2.45, 2.75) is 26.7 Å². The van der Waals surface area contributed by atoms with Crippen LogP contribution in [0.4, 0.5) is 0 Å². The van der Waals surface area contributed by atoms with Crippen LogP contribution in [0.2, 0.25) is 0 Å². The second-order valence-corrected chi connectivity index (χ2v) is 4.52. The Morgan fingerprint density at radius 3 is 2.67 bits per heavy atom. The minimum Gasteiger partial charge on any atom is -0.481 e. The molecule has 1 heterocycles. The summed E-state index contributed by atoms with van der Waals surface area (Å²) in [5.74, 6) is -1.01. The Hall–Kier alpha value is -1.23. The number of H-pyrrole nitrogens is 1. The largest absolute Gasteiger partial charge is 0.481 e. The first-order chi connectivity index (χ1) is 6.85. The van der Waals surface area contributed by atoms with E-state index in [4.69, 9.17) is 17.3 Å². The number of aromatic amines is 1. The van der Waals surface area contributed by atoms with E-state index in [2.05, 4.69) is 9.97 Å². The van der Waals surface area contributed by atoms with Crippen LogP contribution < -0.4 is 0 Å². The number of nitrogens with zero attached hydrogens (tertiary/aromatic N) is 1. The van der Waals surface area contributed by atoms with Crippen molar-refractivity contribution >= 4 is 18.2 Å². The van der Waals surface area contributed by atoms with Crippen molar-refractivity contribution in [1.82, 2.24) is 9.97 Å². The first-order valence-corrected chi connectivity index (χ1v) is 5.04. The number of aliphatic carboxylic acids is 1. The standard InChI is InChI=1S/C10H14N2O2S/c1-6(10(2,3)9(13)14)7-4-12-8(15)5-11-7/h4-6H,1-3H3,(H,12,15)(H,13,14). The van der Waals surface area contributed by atoms with E-state index in [1.807, 2.05) is 6.92 Å². The maximum Gasteiger partial charge on any atom is 0.309 e. The van der Waals surface area contributed by atoms with E-state index in [-0.39, 0.29) is 5.92 Å². The third-order valence-corrected chi connectivity index (χ3v) is 2.99. The van der Waals surface area contributed by atoms with Gasteiger partial charge in [-0.15, -0.1) is 0 Å². The molecule has 0 aliphatic heterocycles. The molecule has 0 spiro atoms. The van der Waals surface area contributed by atoms with Crippen LogP contribution in [0.15, 0.2) is 12.4 Å². The molecule has 0 saturated carbocycles. The summed E-state index contributed by atoms with van der Waals surface area (Å²) >= 11 is 4.87. The van der Waals surface area contributed by atoms with Crippen LogP contribution >= 0.6 is 12.2 Å². The summed E-state index contributed by atoms with van der Waals surface area (Å²) in [6, 6.07) is 0. The topological polar surface area (TPSA) is 66.0 Å². The van der Waals surface area contributed by atoms with E-state index in [1.165, 1.54) is 6.20 Å². The highest BCUT2D eigenvalue weighted by atomic mass is 32.1. The van der Waals surface area contributed by atoms with Crippen molar-refractivity contribution in [2.75, 3.05) is 0 Å². The Kier molecular flexibility index (Phi) is 3.24. The fourth-order valence-electron chi connectivity index (χ4n) is 1.14. The lowest BCUT2D eigenvalue weighted by molar-refractivity contribution is -0.148. The zero-order valence-electron chi connectivity index (χ0n) is 8.94. The number of carboxylic acid groups (broad SMARTS) is 1. The molecule has 0 aliphatic rings. The van der Waals surface area contributed by atoms with Gasteiger partial charge in [-0.2, -0.15) is 0 Å². The fourth-order valence-corrected chi connectivity index (χ4v) is 1.26. The van der Waals surface area contributed by atoms with E-state index in [0.717, 1.165) is 0 Å². The van der Waals surface area contributed by atoms with Gasteiger partial charge >= 0.3 is 5.97 Å². The maximum atomic E-state index is 11.0. The van der Waals surface area contributed by atoms with Crippen molar-refractivity contribution in [3.63, 3.8) is 0 Å². The molecule has 0 aliphatic carbocycles. The zero-order valence-corrected chi connectivity index (χ0v) is 9.76. The average Bonchev–Trinajstić information content (AvgIpc) is 2.17. The Morgan fingerprint density at radius 1 is 1.67 bits per heavy atom. The molecule has 82 valence electrons. The Labute approximate surface area is 93.4 Å². The van der Waals surface area contributed by atoms with Crippen molar-refractivity contribution in [1.29, 1.82) is 0 Å². The molecule has 0 bridgehead atoms. The molecule has 1 atom stereocenters. The van der Waals surface area contributed by atoms with Crippen molar-refractivity contribution in [2.24, 2.45) is 5.41 Å². The van der Waals surface area contributed by atoms with Gasteiger partial charge < -0.3 is 10.1 Å². The molecule has 2 N–H and O–H groups in total. The highest BCUT2D eigenvalue weighted by Gasteiger charge is 2.35. The molecule has 0 radical (unpaired) electrons. The third kappa shape index (κ3) is 2.41. The van der Waals surface area contributed by atoms with Crippen LogP contribution in [-0.2, 0) is 4.79 Å². The molecule has 5 heteroatoms. The van der Waals surface area contributed by atoms with Crippen LogP contribution in [0, 0.1) is 10.1 Å². The van der Waals surface area contributed by atoms with Crippen LogP contribution in [0.1, 0.15) is 32.4 Å². The molecule has 0 fully saturated rings. The first-order valence-electron chi connectivity index (χ1n) is 4.63. The normalized spacial score (nSPS) is 13.5. The number of nitrogens with one attached hydrogen (secondary N) is 1. The molecule has 0 amide bonds. The second kappa shape index (κ2) is 4.10. The minimum atomic E-state index is -0.843. The molecule has 0 aromatic carbocycles. The van der Waals surface area contributed by atoms with Crippen molar-refractivity contribution < 1.29 is 9.90 Å². The SMILES string of the molecule is CC(c1c[nH]c(=S)cn1)C(C)(C)C(=O)O. The lowest BCUT2D eigenvalue weighted by atomic mass is 9.78. The minimum absolute atomic E-state index is 0.179. The van der Waals surface area contributed by atoms with Gasteiger partial charge in [0.2, 0.25) is 0 Å². The predicted octanol–water partition coefficient (Wildman–Crippen LogP) is 2.35. The number of hydrogen-bond acceptors (Lipinski definition) is 3. The molecular weight excluding hydrogens is 212 g/mol. The molecule has 4 nitrogen and oxygen atoms in total. The summed E-state index contributed by atoms with van der Waals surface area (Å²) in [5.41, 5.74) is -0.139. The number of carboxylic acids is 1. The number of hydrogen-bond donors (Lipinski definition) is 2. The Morgan fingerprint density at radius 2 is 2.27 bits per heavy atom. The van der Waals surface area contributed by atoms with Gasteiger partial charge in [-0.25, -0.2) is 0 Å². The zero-order chi connectivity index (χ0) is 11.6. The highest BCUT2D eigenvalue weighted by Crippen LogP contribution is 2.33. The highest BCUT2D eigenvalue weighted by molar-refractivity contribution is 7.71. The number of aromatic nitrogens is 2. The second-order valence-electron chi connectivity index (χ2n) is 4.08. The number of carbonyl (C=O) groups is 1. The lowest BCUT2D eigenvalue weighted by Crippen LogP contribution is -2.30. The molecule has 0 saturated heterocycles. The lowest BCUT2D eigenvalue weighted by Gasteiger charge is -2.26. The third-order valence-electron chi connectivity index (χ3n) is 2.77. The Bertz CT molecular complexity index is 405. The molecule has 1 aromatic heterocycles. The van der Waals surface area contributed by atoms with Crippen LogP contribution in [0.25, 0.3) is 0 Å². The van der Waals surface area contributed by atoms with Gasteiger partial charge in [-0.3, -0.25) is 9.78 Å². The Balaban J connectivity index is 3.04. The van der Waals surface area contributed by atoms with Gasteiger partial charge in [0.05, 0.1) is 17.3 Å². The molecular formula is C10H14N2O2S. The summed E-state index contributed by atoms with van der Waals surface area (Å²) in [7, 11) is 0. The summed E-state index contributed by atoms with van der Waals surface area (Å²) in [5, 5.41) is 9.07. The van der Waals surface area contributed by atoms with E-state index >= 15 is 0 Å². The molecule has 1 unspecified atom stereocenters. The monoisotopic (exact) mass is 226 g/mol. The molecule has 15 heavy (non-hydrogen) atoms. The van der Waals surface area contributed by atoms with Crippen LogP contribution in [0.5, 0.6) is 0 Å². The quantitative estimate of drug-likeness (QED) is 0.776. The number of rotatable bonds is 3. The fraction of sp³-hybridized carbons (Fsp3) is 0.500. The van der Waals surface area contributed by atoms with Crippen LogP contribution in [0.3, 0.4) is 0 Å². The average molecular weight is 226 g/mol. The van der Waals surface area contributed by atoms with E-state index in [1.54, 1.807) is 20.0 Å². The molecule has 1 aromatic rings. The summed E-state index contributed by atoms with van der Waals surface area (Å²) in [6.45, 7) is 5.21. The van der Waals surface area contributed by atoms with Crippen LogP contribution in [-0.4, -0.2) is 21.0 Å². The smallest absolute Gasteiger partial charge is 0.309 e. The predicted molar refractivity (Wildman–Crippen MR) is 59.3 cm³/mol. The van der Waals surface area contributed by atoms with E-state index < -0.39 is 11.4 Å². The van der Waals surface area contributed by atoms with Gasteiger partial charge in [0.25, 0.3) is 0 Å². The summed E-state index contributed by atoms with van der Waals surface area (Å²) < 4.78 is 0.541. The first kappa shape index (κ1) is 11.8. The van der Waals surface area contributed by atoms with Gasteiger partial charge in [-0.1, -0.05) is 19.1 Å². The van der Waals surface area contributed by atoms with Gasteiger partial charge in [0.15, 0.2) is 0 Å². The van der Waals surface area contributed by atoms with E-state index in [0.29, 0.717) is 10.3 Å². The van der Waals surface area contributed by atoms with Gasteiger partial charge in [0, 0.05) is 12.1 Å². The van der Waals surface area contributed by atoms with Crippen molar-refractivity contribution in [3.05, 3.63) is 22.7 Å².